The number of carbonyl (C=O) groups excluding carboxylic acids is 2. The maximum atomic E-state index is 12.9. The summed E-state index contributed by atoms with van der Waals surface area (Å²) >= 11 is 0. The molecule has 2 aliphatic rings. The molecule has 2 aliphatic heterocycles. The number of hydrogen-bond acceptors (Lipinski definition) is 5. The SMILES string of the molecule is Cc1cccc(C2/C(=C(/O)c3ccncc3)C(=O)C(=O)N2CC2CCCO2)c1. The third kappa shape index (κ3) is 3.31. The van der Waals surface area contributed by atoms with Gasteiger partial charge in [-0.25, -0.2) is 0 Å². The van der Waals surface area contributed by atoms with Crippen LogP contribution in [-0.4, -0.2) is 45.9 Å². The zero-order valence-electron chi connectivity index (χ0n) is 15.7. The highest BCUT2D eigenvalue weighted by atomic mass is 16.5. The highest BCUT2D eigenvalue weighted by Gasteiger charge is 2.47. The molecule has 6 nitrogen and oxygen atoms in total. The van der Waals surface area contributed by atoms with Crippen LogP contribution in [0.3, 0.4) is 0 Å². The third-order valence-electron chi connectivity index (χ3n) is 5.28. The van der Waals surface area contributed by atoms with E-state index in [-0.39, 0.29) is 17.4 Å². The summed E-state index contributed by atoms with van der Waals surface area (Å²) in [5.41, 5.74) is 2.39. The van der Waals surface area contributed by atoms with Crippen molar-refractivity contribution in [3.05, 3.63) is 71.1 Å². The van der Waals surface area contributed by atoms with Crippen LogP contribution in [0.1, 0.15) is 35.6 Å². The van der Waals surface area contributed by atoms with E-state index >= 15 is 0 Å². The number of Topliss-reactive ketones (excluding diaryl/α,β-unsaturated/α-hetero) is 1. The van der Waals surface area contributed by atoms with Crippen LogP contribution in [0.4, 0.5) is 0 Å². The topological polar surface area (TPSA) is 79.7 Å². The number of aromatic nitrogens is 1. The first-order chi connectivity index (χ1) is 13.6. The largest absolute Gasteiger partial charge is 0.507 e. The molecule has 0 aliphatic carbocycles. The van der Waals surface area contributed by atoms with E-state index in [4.69, 9.17) is 4.74 Å². The number of rotatable bonds is 4. The van der Waals surface area contributed by atoms with Gasteiger partial charge < -0.3 is 14.7 Å². The number of ether oxygens (including phenoxy) is 1. The number of pyridine rings is 1. The van der Waals surface area contributed by atoms with E-state index in [0.29, 0.717) is 18.7 Å². The van der Waals surface area contributed by atoms with Gasteiger partial charge in [0.25, 0.3) is 11.7 Å². The predicted octanol–water partition coefficient (Wildman–Crippen LogP) is 2.99. The molecular formula is C22H22N2O4. The maximum Gasteiger partial charge on any atom is 0.295 e. The average Bonchev–Trinajstić information content (AvgIpc) is 3.30. The molecule has 1 N–H and O–H groups in total. The number of aliphatic hydroxyl groups excluding tert-OH is 1. The fourth-order valence-corrected chi connectivity index (χ4v) is 3.93. The standard InChI is InChI=1S/C22H22N2O4/c1-14-4-2-5-16(12-14)19-18(20(25)15-7-9-23-10-8-15)21(26)22(27)24(19)13-17-6-3-11-28-17/h2,4-5,7-10,12,17,19,25H,3,6,11,13H2,1H3/b20-18-. The van der Waals surface area contributed by atoms with E-state index in [1.165, 1.54) is 0 Å². The number of carbonyl (C=O) groups is 2. The van der Waals surface area contributed by atoms with Crippen LogP contribution in [0.5, 0.6) is 0 Å². The Morgan fingerprint density at radius 3 is 2.71 bits per heavy atom. The van der Waals surface area contributed by atoms with E-state index in [9.17, 15) is 14.7 Å². The van der Waals surface area contributed by atoms with Crippen molar-refractivity contribution in [3.63, 3.8) is 0 Å². The minimum absolute atomic E-state index is 0.0912. The second-order valence-corrected chi connectivity index (χ2v) is 7.24. The molecule has 0 bridgehead atoms. The summed E-state index contributed by atoms with van der Waals surface area (Å²) < 4.78 is 5.69. The fraction of sp³-hybridized carbons (Fsp3) is 0.318. The average molecular weight is 378 g/mol. The van der Waals surface area contributed by atoms with Crippen molar-refractivity contribution in [1.29, 1.82) is 0 Å². The first kappa shape index (κ1) is 18.4. The lowest BCUT2D eigenvalue weighted by molar-refractivity contribution is -0.140. The molecule has 3 heterocycles. The molecule has 2 atom stereocenters. The quantitative estimate of drug-likeness (QED) is 0.503. The van der Waals surface area contributed by atoms with Crippen LogP contribution < -0.4 is 0 Å². The molecule has 2 fully saturated rings. The normalized spacial score (nSPS) is 24.1. The number of ketones is 1. The van der Waals surface area contributed by atoms with Crippen molar-refractivity contribution >= 4 is 17.4 Å². The van der Waals surface area contributed by atoms with E-state index in [2.05, 4.69) is 4.98 Å². The molecular weight excluding hydrogens is 356 g/mol. The molecule has 0 spiro atoms. The van der Waals surface area contributed by atoms with Crippen LogP contribution >= 0.6 is 0 Å². The predicted molar refractivity (Wildman–Crippen MR) is 103 cm³/mol. The Morgan fingerprint density at radius 1 is 1.25 bits per heavy atom. The second kappa shape index (κ2) is 7.56. The Morgan fingerprint density at radius 2 is 2.04 bits per heavy atom. The summed E-state index contributed by atoms with van der Waals surface area (Å²) in [5, 5.41) is 10.9. The summed E-state index contributed by atoms with van der Waals surface area (Å²) in [7, 11) is 0. The molecule has 2 saturated heterocycles. The Hall–Kier alpha value is -2.99. The van der Waals surface area contributed by atoms with Crippen molar-refractivity contribution in [3.8, 4) is 0 Å². The summed E-state index contributed by atoms with van der Waals surface area (Å²) in [6.45, 7) is 2.95. The summed E-state index contributed by atoms with van der Waals surface area (Å²) in [5.74, 6) is -1.45. The van der Waals surface area contributed by atoms with Crippen LogP contribution in [0, 0.1) is 6.92 Å². The van der Waals surface area contributed by atoms with Crippen molar-refractivity contribution in [1.82, 2.24) is 9.88 Å². The lowest BCUT2D eigenvalue weighted by Gasteiger charge is -2.27. The fourth-order valence-electron chi connectivity index (χ4n) is 3.93. The lowest BCUT2D eigenvalue weighted by atomic mass is 9.94. The number of nitrogens with zero attached hydrogens (tertiary/aromatic N) is 2. The van der Waals surface area contributed by atoms with E-state index in [1.807, 2.05) is 31.2 Å². The van der Waals surface area contributed by atoms with Gasteiger partial charge in [0.2, 0.25) is 0 Å². The van der Waals surface area contributed by atoms with Crippen molar-refractivity contribution < 1.29 is 19.4 Å². The van der Waals surface area contributed by atoms with Gasteiger partial charge in [-0.3, -0.25) is 14.6 Å². The van der Waals surface area contributed by atoms with Gasteiger partial charge in [-0.05, 0) is 37.5 Å². The van der Waals surface area contributed by atoms with Gasteiger partial charge in [-0.1, -0.05) is 29.8 Å². The van der Waals surface area contributed by atoms with E-state index in [1.54, 1.807) is 29.4 Å². The molecule has 2 aromatic rings. The Labute approximate surface area is 163 Å². The van der Waals surface area contributed by atoms with Gasteiger partial charge in [-0.15, -0.1) is 0 Å². The lowest BCUT2D eigenvalue weighted by Crippen LogP contribution is -2.36. The molecule has 28 heavy (non-hydrogen) atoms. The zero-order valence-corrected chi connectivity index (χ0v) is 15.7. The Balaban J connectivity index is 1.83. The number of aryl methyl sites for hydroxylation is 1. The van der Waals surface area contributed by atoms with Crippen molar-refractivity contribution in [2.75, 3.05) is 13.2 Å². The summed E-state index contributed by atoms with van der Waals surface area (Å²) in [6.07, 6.45) is 4.79. The number of amides is 1. The third-order valence-corrected chi connectivity index (χ3v) is 5.28. The van der Waals surface area contributed by atoms with Gasteiger partial charge in [0.15, 0.2) is 0 Å². The summed E-state index contributed by atoms with van der Waals surface area (Å²) in [4.78, 5) is 31.3. The zero-order chi connectivity index (χ0) is 19.7. The minimum Gasteiger partial charge on any atom is -0.507 e. The number of likely N-dealkylation sites (tertiary alicyclic amines) is 1. The molecule has 0 saturated carbocycles. The maximum absolute atomic E-state index is 12.9. The second-order valence-electron chi connectivity index (χ2n) is 7.24. The monoisotopic (exact) mass is 378 g/mol. The van der Waals surface area contributed by atoms with E-state index in [0.717, 1.165) is 24.0 Å². The molecule has 6 heteroatoms. The molecule has 4 rings (SSSR count). The van der Waals surface area contributed by atoms with Gasteiger partial charge in [0.1, 0.15) is 5.76 Å². The minimum atomic E-state index is -0.668. The van der Waals surface area contributed by atoms with Gasteiger partial charge in [0, 0.05) is 31.1 Å². The van der Waals surface area contributed by atoms with Crippen LogP contribution in [0.15, 0.2) is 54.4 Å². The van der Waals surface area contributed by atoms with Gasteiger partial charge >= 0.3 is 0 Å². The Bertz CT molecular complexity index is 933. The first-order valence-corrected chi connectivity index (χ1v) is 9.43. The number of aliphatic hydroxyl groups is 1. The summed E-state index contributed by atoms with van der Waals surface area (Å²) in [6, 6.07) is 10.3. The molecule has 1 aromatic carbocycles. The van der Waals surface area contributed by atoms with E-state index < -0.39 is 17.7 Å². The van der Waals surface area contributed by atoms with Crippen LogP contribution in [-0.2, 0) is 14.3 Å². The molecule has 0 radical (unpaired) electrons. The van der Waals surface area contributed by atoms with Crippen molar-refractivity contribution in [2.45, 2.75) is 31.9 Å². The first-order valence-electron chi connectivity index (χ1n) is 9.43. The molecule has 1 amide bonds. The van der Waals surface area contributed by atoms with Gasteiger partial charge in [-0.2, -0.15) is 0 Å². The molecule has 1 aromatic heterocycles. The molecule has 2 unspecified atom stereocenters. The van der Waals surface area contributed by atoms with Crippen LogP contribution in [0.25, 0.3) is 5.76 Å². The van der Waals surface area contributed by atoms with Gasteiger partial charge in [0.05, 0.1) is 17.7 Å². The Kier molecular flexibility index (Phi) is 4.96. The highest BCUT2D eigenvalue weighted by Crippen LogP contribution is 2.40. The van der Waals surface area contributed by atoms with Crippen molar-refractivity contribution in [2.24, 2.45) is 0 Å². The number of benzene rings is 1. The smallest absolute Gasteiger partial charge is 0.295 e. The highest BCUT2D eigenvalue weighted by molar-refractivity contribution is 6.46. The number of hydrogen-bond donors (Lipinski definition) is 1. The van der Waals surface area contributed by atoms with Crippen LogP contribution in [0.2, 0.25) is 0 Å². The molecule has 144 valence electrons.